The fourth-order valence-corrected chi connectivity index (χ4v) is 2.71. The maximum absolute atomic E-state index is 12.0. The summed E-state index contributed by atoms with van der Waals surface area (Å²) < 4.78 is 18.8. The van der Waals surface area contributed by atoms with E-state index in [0.29, 0.717) is 68.8 Å². The number of thiol groups is 1. The van der Waals surface area contributed by atoms with Gasteiger partial charge in [0.25, 0.3) is 0 Å². The van der Waals surface area contributed by atoms with Gasteiger partial charge < -0.3 is 14.2 Å². The Bertz CT molecular complexity index is 1020. The zero-order chi connectivity index (χ0) is 22.8. The van der Waals surface area contributed by atoms with Gasteiger partial charge in [0.2, 0.25) is 0 Å². The van der Waals surface area contributed by atoms with Gasteiger partial charge in [-0.25, -0.2) is 14.8 Å². The predicted molar refractivity (Wildman–Crippen MR) is 122 cm³/mol. The van der Waals surface area contributed by atoms with Crippen LogP contribution < -0.4 is 5.32 Å². The third-order valence-electron chi connectivity index (χ3n) is 4.37. The van der Waals surface area contributed by atoms with Crippen LogP contribution in [-0.2, 0) is 20.8 Å². The standard InChI is InChI=1S/C20H27N7O4S/c1-3-27(32)20(28)25-18-5-4-16-19(24-18)23-17(13-21-16)15-12-22-26(14-15)6-7-30-10-11-31-9-8-29-2/h4-5,12-14,32H,3,6-11H2,1-2H3,(H,23,24,25,28). The molecule has 172 valence electrons. The van der Waals surface area contributed by atoms with Crippen LogP contribution in [0, 0.1) is 0 Å². The highest BCUT2D eigenvalue weighted by atomic mass is 32.1. The van der Waals surface area contributed by atoms with E-state index in [2.05, 4.69) is 38.2 Å². The maximum atomic E-state index is 12.0. The van der Waals surface area contributed by atoms with Crippen LogP contribution in [0.15, 0.2) is 30.7 Å². The van der Waals surface area contributed by atoms with Crippen molar-refractivity contribution in [2.24, 2.45) is 0 Å². The number of nitrogens with zero attached hydrogens (tertiary/aromatic N) is 6. The van der Waals surface area contributed by atoms with Crippen molar-refractivity contribution in [3.8, 4) is 11.3 Å². The highest BCUT2D eigenvalue weighted by Crippen LogP contribution is 2.19. The number of amides is 2. The number of carbonyl (C=O) groups is 1. The molecule has 12 heteroatoms. The first kappa shape index (κ1) is 23.9. The topological polar surface area (TPSA) is 117 Å². The lowest BCUT2D eigenvalue weighted by atomic mass is 10.2. The van der Waals surface area contributed by atoms with E-state index in [1.54, 1.807) is 36.3 Å². The molecule has 32 heavy (non-hydrogen) atoms. The van der Waals surface area contributed by atoms with Gasteiger partial charge in [0.05, 0.1) is 57.7 Å². The highest BCUT2D eigenvalue weighted by molar-refractivity contribution is 7.78. The summed E-state index contributed by atoms with van der Waals surface area (Å²) in [6.45, 7) is 5.58. The van der Waals surface area contributed by atoms with Gasteiger partial charge in [0.1, 0.15) is 11.3 Å². The molecule has 0 aromatic carbocycles. The minimum atomic E-state index is -0.364. The number of aromatic nitrogens is 5. The number of pyridine rings is 1. The number of carbonyl (C=O) groups excluding carboxylic acids is 1. The molecule has 0 aliphatic heterocycles. The number of hydrogen-bond donors (Lipinski definition) is 2. The smallest absolute Gasteiger partial charge is 0.332 e. The van der Waals surface area contributed by atoms with Crippen LogP contribution in [-0.4, -0.2) is 81.8 Å². The Hall–Kier alpha value is -2.80. The fraction of sp³-hybridized carbons (Fsp3) is 0.450. The molecule has 0 radical (unpaired) electrons. The molecular formula is C20H27N7O4S. The molecule has 3 heterocycles. The van der Waals surface area contributed by atoms with E-state index >= 15 is 0 Å². The number of rotatable bonds is 12. The summed E-state index contributed by atoms with van der Waals surface area (Å²) in [5, 5.41) is 7.03. The number of ether oxygens (including phenoxy) is 3. The Morgan fingerprint density at radius 2 is 1.91 bits per heavy atom. The van der Waals surface area contributed by atoms with Gasteiger partial charge in [-0.2, -0.15) is 5.10 Å². The van der Waals surface area contributed by atoms with Crippen LogP contribution in [0.3, 0.4) is 0 Å². The Morgan fingerprint density at radius 3 is 2.69 bits per heavy atom. The Kier molecular flexibility index (Phi) is 9.16. The molecule has 1 N–H and O–H groups in total. The third kappa shape index (κ3) is 6.85. The second kappa shape index (κ2) is 12.3. The van der Waals surface area contributed by atoms with Crippen molar-refractivity contribution in [3.05, 3.63) is 30.7 Å². The monoisotopic (exact) mass is 461 g/mol. The van der Waals surface area contributed by atoms with E-state index in [0.717, 1.165) is 5.56 Å². The molecular weight excluding hydrogens is 434 g/mol. The van der Waals surface area contributed by atoms with Crippen molar-refractivity contribution in [1.82, 2.24) is 29.0 Å². The predicted octanol–water partition coefficient (Wildman–Crippen LogP) is 2.27. The minimum absolute atomic E-state index is 0.364. The number of urea groups is 1. The van der Waals surface area contributed by atoms with Crippen molar-refractivity contribution in [2.45, 2.75) is 13.5 Å². The quantitative estimate of drug-likeness (QED) is 0.312. The summed E-state index contributed by atoms with van der Waals surface area (Å²) >= 11 is 4.08. The Morgan fingerprint density at radius 1 is 1.12 bits per heavy atom. The van der Waals surface area contributed by atoms with Crippen LogP contribution in [0.2, 0.25) is 0 Å². The molecule has 0 fully saturated rings. The molecule has 0 saturated carbocycles. The lowest BCUT2D eigenvalue weighted by Crippen LogP contribution is -2.27. The molecule has 0 spiro atoms. The first-order chi connectivity index (χ1) is 15.6. The molecule has 0 unspecified atom stereocenters. The Labute approximate surface area is 191 Å². The number of methoxy groups -OCH3 is 1. The van der Waals surface area contributed by atoms with Crippen LogP contribution in [0.4, 0.5) is 10.6 Å². The lowest BCUT2D eigenvalue weighted by molar-refractivity contribution is 0.0225. The van der Waals surface area contributed by atoms with E-state index in [4.69, 9.17) is 14.2 Å². The van der Waals surface area contributed by atoms with Crippen molar-refractivity contribution < 1.29 is 19.0 Å². The minimum Gasteiger partial charge on any atom is -0.382 e. The van der Waals surface area contributed by atoms with Gasteiger partial charge in [-0.05, 0) is 19.1 Å². The van der Waals surface area contributed by atoms with E-state index < -0.39 is 0 Å². The van der Waals surface area contributed by atoms with E-state index in [1.165, 1.54) is 4.31 Å². The van der Waals surface area contributed by atoms with Crippen LogP contribution >= 0.6 is 12.8 Å². The Balaban J connectivity index is 1.57. The number of hydrogen-bond acceptors (Lipinski definition) is 9. The molecule has 0 bridgehead atoms. The van der Waals surface area contributed by atoms with Gasteiger partial charge in [-0.15, -0.1) is 0 Å². The fourth-order valence-electron chi connectivity index (χ4n) is 2.66. The largest absolute Gasteiger partial charge is 0.382 e. The lowest BCUT2D eigenvalue weighted by Gasteiger charge is -2.13. The van der Waals surface area contributed by atoms with Crippen molar-refractivity contribution in [2.75, 3.05) is 52.0 Å². The van der Waals surface area contributed by atoms with Crippen LogP contribution in [0.25, 0.3) is 22.4 Å². The second-order valence-corrected chi connectivity index (χ2v) is 7.13. The summed E-state index contributed by atoms with van der Waals surface area (Å²) in [6, 6.07) is 3.06. The van der Waals surface area contributed by atoms with Crippen molar-refractivity contribution in [1.29, 1.82) is 0 Å². The van der Waals surface area contributed by atoms with Crippen LogP contribution in [0.1, 0.15) is 6.92 Å². The molecule has 3 rings (SSSR count). The molecule has 0 aliphatic rings. The van der Waals surface area contributed by atoms with Gasteiger partial charge in [-0.3, -0.25) is 19.3 Å². The number of anilines is 1. The van der Waals surface area contributed by atoms with Gasteiger partial charge in [0, 0.05) is 25.4 Å². The summed E-state index contributed by atoms with van der Waals surface area (Å²) in [5.74, 6) is 0.375. The number of fused-ring (bicyclic) bond motifs is 1. The first-order valence-corrected chi connectivity index (χ1v) is 10.6. The van der Waals surface area contributed by atoms with Crippen LogP contribution in [0.5, 0.6) is 0 Å². The third-order valence-corrected chi connectivity index (χ3v) is 4.84. The van der Waals surface area contributed by atoms with E-state index in [9.17, 15) is 4.79 Å². The highest BCUT2D eigenvalue weighted by Gasteiger charge is 2.11. The molecule has 3 aromatic heterocycles. The summed E-state index contributed by atoms with van der Waals surface area (Å²) in [7, 11) is 1.64. The van der Waals surface area contributed by atoms with E-state index in [1.807, 2.05) is 13.1 Å². The zero-order valence-electron chi connectivity index (χ0n) is 18.1. The number of nitrogens with one attached hydrogen (secondary N) is 1. The molecule has 3 aromatic rings. The maximum Gasteiger partial charge on any atom is 0.332 e. The average Bonchev–Trinajstić information content (AvgIpc) is 3.28. The van der Waals surface area contributed by atoms with Gasteiger partial charge in [0.15, 0.2) is 5.65 Å². The second-order valence-electron chi connectivity index (χ2n) is 6.65. The van der Waals surface area contributed by atoms with E-state index in [-0.39, 0.29) is 6.03 Å². The SMILES string of the molecule is CCN(S)C(=O)Nc1ccc2ncc(-c3cnn(CCOCCOCCOC)c3)nc2n1. The molecule has 0 aliphatic carbocycles. The van der Waals surface area contributed by atoms with Gasteiger partial charge in [-0.1, -0.05) is 12.8 Å². The molecule has 2 amide bonds. The first-order valence-electron chi connectivity index (χ1n) is 10.2. The molecule has 0 saturated heterocycles. The van der Waals surface area contributed by atoms with Crippen molar-refractivity contribution >= 4 is 35.8 Å². The zero-order valence-corrected chi connectivity index (χ0v) is 19.0. The normalized spacial score (nSPS) is 11.1. The summed E-state index contributed by atoms with van der Waals surface area (Å²) in [5.41, 5.74) is 2.49. The average molecular weight is 462 g/mol. The molecule has 11 nitrogen and oxygen atoms in total. The summed E-state index contributed by atoms with van der Waals surface area (Å²) in [4.78, 5) is 25.4. The molecule has 0 atom stereocenters. The van der Waals surface area contributed by atoms with Gasteiger partial charge >= 0.3 is 6.03 Å². The summed E-state index contributed by atoms with van der Waals surface area (Å²) in [6.07, 6.45) is 5.26. The van der Waals surface area contributed by atoms with Crippen molar-refractivity contribution in [3.63, 3.8) is 0 Å².